The number of benzene rings is 1. The van der Waals surface area contributed by atoms with Crippen LogP contribution in [0.2, 0.25) is 0 Å². The van der Waals surface area contributed by atoms with Gasteiger partial charge in [-0.1, -0.05) is 24.3 Å². The van der Waals surface area contributed by atoms with Gasteiger partial charge in [-0.05, 0) is 42.0 Å². The minimum absolute atomic E-state index is 0.0937. The number of esters is 1. The number of furan rings is 1. The minimum atomic E-state index is -0.873. The molecule has 0 aliphatic heterocycles. The fourth-order valence-electron chi connectivity index (χ4n) is 2.24. The fraction of sp³-hybridized carbons (Fsp3) is 0.312. The van der Waals surface area contributed by atoms with E-state index in [4.69, 9.17) is 4.42 Å². The molecule has 0 bridgehead atoms. The van der Waals surface area contributed by atoms with Gasteiger partial charge in [0.15, 0.2) is 0 Å². The molecule has 1 N–H and O–H groups in total. The molecule has 104 valence electrons. The molecule has 1 heterocycles. The molecule has 0 saturated heterocycles. The van der Waals surface area contributed by atoms with Crippen LogP contribution in [0.1, 0.15) is 52.3 Å². The van der Waals surface area contributed by atoms with Crippen molar-refractivity contribution in [2.24, 2.45) is 0 Å². The van der Waals surface area contributed by atoms with Gasteiger partial charge >= 0.3 is 5.97 Å². The van der Waals surface area contributed by atoms with Crippen LogP contribution in [-0.2, 0) is 4.74 Å². The third kappa shape index (κ3) is 2.47. The van der Waals surface area contributed by atoms with Gasteiger partial charge in [-0.25, -0.2) is 4.79 Å². The largest absolute Gasteiger partial charge is 0.463 e. The monoisotopic (exact) mass is 272 g/mol. The number of carbonyl (C=O) groups excluding carboxylic acids is 1. The first kappa shape index (κ1) is 12.9. The van der Waals surface area contributed by atoms with E-state index in [-0.39, 0.29) is 5.76 Å². The molecule has 1 aliphatic rings. The lowest BCUT2D eigenvalue weighted by Crippen LogP contribution is -2.00. The summed E-state index contributed by atoms with van der Waals surface area (Å²) in [5.74, 6) is 0.573. The van der Waals surface area contributed by atoms with Crippen LogP contribution in [0, 0.1) is 0 Å². The van der Waals surface area contributed by atoms with Gasteiger partial charge in [0.2, 0.25) is 5.76 Å². The lowest BCUT2D eigenvalue weighted by Gasteiger charge is -2.09. The maximum atomic E-state index is 11.3. The van der Waals surface area contributed by atoms with Crippen LogP contribution < -0.4 is 0 Å². The third-order valence-electron chi connectivity index (χ3n) is 3.58. The molecule has 3 rings (SSSR count). The van der Waals surface area contributed by atoms with Crippen molar-refractivity contribution in [2.45, 2.75) is 24.9 Å². The SMILES string of the molecule is COC(=O)c1ccc(C(O)c2ccc(C3CC3)cc2)o1. The summed E-state index contributed by atoms with van der Waals surface area (Å²) < 4.78 is 9.89. The summed E-state index contributed by atoms with van der Waals surface area (Å²) in [6, 6.07) is 11.0. The van der Waals surface area contributed by atoms with E-state index in [1.54, 1.807) is 6.07 Å². The van der Waals surface area contributed by atoms with Crippen molar-refractivity contribution in [1.82, 2.24) is 0 Å². The molecule has 1 atom stereocenters. The first-order valence-corrected chi connectivity index (χ1v) is 6.65. The second-order valence-corrected chi connectivity index (χ2v) is 5.04. The van der Waals surface area contributed by atoms with Crippen LogP contribution in [0.5, 0.6) is 0 Å². The molecule has 1 aromatic heterocycles. The molecule has 1 fully saturated rings. The Morgan fingerprint density at radius 1 is 1.25 bits per heavy atom. The van der Waals surface area contributed by atoms with E-state index in [0.717, 1.165) is 5.56 Å². The molecule has 1 unspecified atom stereocenters. The van der Waals surface area contributed by atoms with Gasteiger partial charge in [0.25, 0.3) is 0 Å². The standard InChI is InChI=1S/C16H16O4/c1-19-16(18)14-9-8-13(20-14)15(17)12-6-4-11(5-7-12)10-2-3-10/h4-10,15,17H,2-3H2,1H3. The zero-order chi connectivity index (χ0) is 14.1. The highest BCUT2D eigenvalue weighted by Gasteiger charge is 2.24. The summed E-state index contributed by atoms with van der Waals surface area (Å²) >= 11 is 0. The normalized spacial score (nSPS) is 15.9. The zero-order valence-electron chi connectivity index (χ0n) is 11.2. The maximum Gasteiger partial charge on any atom is 0.373 e. The molecule has 4 heteroatoms. The number of methoxy groups -OCH3 is 1. The topological polar surface area (TPSA) is 59.7 Å². The zero-order valence-corrected chi connectivity index (χ0v) is 11.2. The van der Waals surface area contributed by atoms with E-state index in [1.165, 1.54) is 31.6 Å². The van der Waals surface area contributed by atoms with Crippen molar-refractivity contribution >= 4 is 5.97 Å². The number of aliphatic hydroxyl groups is 1. The number of hydrogen-bond donors (Lipinski definition) is 1. The first-order valence-electron chi connectivity index (χ1n) is 6.65. The van der Waals surface area contributed by atoms with Crippen molar-refractivity contribution in [3.05, 3.63) is 59.0 Å². The van der Waals surface area contributed by atoms with Crippen LogP contribution in [0.15, 0.2) is 40.8 Å². The van der Waals surface area contributed by atoms with Crippen molar-refractivity contribution in [1.29, 1.82) is 0 Å². The van der Waals surface area contributed by atoms with Gasteiger partial charge in [-0.15, -0.1) is 0 Å². The van der Waals surface area contributed by atoms with Gasteiger partial charge in [0, 0.05) is 0 Å². The Balaban J connectivity index is 1.78. The second-order valence-electron chi connectivity index (χ2n) is 5.04. The maximum absolute atomic E-state index is 11.3. The summed E-state index contributed by atoms with van der Waals surface area (Å²) in [5.41, 5.74) is 2.07. The molecule has 0 spiro atoms. The molecule has 2 aromatic rings. The summed E-state index contributed by atoms with van der Waals surface area (Å²) in [6.07, 6.45) is 1.63. The van der Waals surface area contributed by atoms with Crippen molar-refractivity contribution in [2.75, 3.05) is 7.11 Å². The molecular formula is C16H16O4. The third-order valence-corrected chi connectivity index (χ3v) is 3.58. The summed E-state index contributed by atoms with van der Waals surface area (Å²) in [5, 5.41) is 10.3. The quantitative estimate of drug-likeness (QED) is 0.869. The Bertz CT molecular complexity index is 608. The predicted octanol–water partition coefficient (Wildman–Crippen LogP) is 3.03. The van der Waals surface area contributed by atoms with Crippen LogP contribution in [-0.4, -0.2) is 18.2 Å². The average molecular weight is 272 g/mol. The van der Waals surface area contributed by atoms with Crippen LogP contribution in [0.25, 0.3) is 0 Å². The summed E-state index contributed by atoms with van der Waals surface area (Å²) in [4.78, 5) is 11.3. The summed E-state index contributed by atoms with van der Waals surface area (Å²) in [7, 11) is 1.29. The van der Waals surface area contributed by atoms with Gasteiger partial charge < -0.3 is 14.3 Å². The highest BCUT2D eigenvalue weighted by atomic mass is 16.5. The number of hydrogen-bond acceptors (Lipinski definition) is 4. The van der Waals surface area contributed by atoms with E-state index >= 15 is 0 Å². The first-order chi connectivity index (χ1) is 9.69. The lowest BCUT2D eigenvalue weighted by atomic mass is 10.0. The highest BCUT2D eigenvalue weighted by molar-refractivity contribution is 5.86. The molecule has 1 saturated carbocycles. The van der Waals surface area contributed by atoms with Crippen LogP contribution in [0.4, 0.5) is 0 Å². The smallest absolute Gasteiger partial charge is 0.373 e. The van der Waals surface area contributed by atoms with Gasteiger partial charge in [-0.3, -0.25) is 0 Å². The van der Waals surface area contributed by atoms with E-state index in [2.05, 4.69) is 4.74 Å². The van der Waals surface area contributed by atoms with Gasteiger partial charge in [-0.2, -0.15) is 0 Å². The lowest BCUT2D eigenvalue weighted by molar-refractivity contribution is 0.0558. The van der Waals surface area contributed by atoms with Crippen LogP contribution >= 0.6 is 0 Å². The molecule has 1 aromatic carbocycles. The highest BCUT2D eigenvalue weighted by Crippen LogP contribution is 2.40. The Labute approximate surface area is 117 Å². The number of carbonyl (C=O) groups is 1. The van der Waals surface area contributed by atoms with E-state index < -0.39 is 12.1 Å². The number of aliphatic hydroxyl groups excluding tert-OH is 1. The Morgan fingerprint density at radius 3 is 2.55 bits per heavy atom. The van der Waals surface area contributed by atoms with Crippen LogP contribution in [0.3, 0.4) is 0 Å². The van der Waals surface area contributed by atoms with Crippen molar-refractivity contribution in [3.63, 3.8) is 0 Å². The molecule has 0 amide bonds. The number of ether oxygens (including phenoxy) is 1. The van der Waals surface area contributed by atoms with Gasteiger partial charge in [0.1, 0.15) is 11.9 Å². The Hall–Kier alpha value is -2.07. The van der Waals surface area contributed by atoms with Gasteiger partial charge in [0.05, 0.1) is 7.11 Å². The average Bonchev–Trinajstić information content (AvgIpc) is 3.23. The van der Waals surface area contributed by atoms with Crippen molar-refractivity contribution < 1.29 is 19.1 Å². The second kappa shape index (κ2) is 5.13. The molecule has 20 heavy (non-hydrogen) atoms. The molecule has 1 aliphatic carbocycles. The van der Waals surface area contributed by atoms with E-state index in [1.807, 2.05) is 24.3 Å². The van der Waals surface area contributed by atoms with Crippen molar-refractivity contribution in [3.8, 4) is 0 Å². The molecule has 0 radical (unpaired) electrons. The number of rotatable bonds is 4. The fourth-order valence-corrected chi connectivity index (χ4v) is 2.24. The van der Waals surface area contributed by atoms with E-state index in [9.17, 15) is 9.90 Å². The Morgan fingerprint density at radius 2 is 1.95 bits per heavy atom. The minimum Gasteiger partial charge on any atom is -0.463 e. The van der Waals surface area contributed by atoms with E-state index in [0.29, 0.717) is 11.7 Å². The summed E-state index contributed by atoms with van der Waals surface area (Å²) in [6.45, 7) is 0. The molecular weight excluding hydrogens is 256 g/mol. The Kier molecular flexibility index (Phi) is 3.32. The predicted molar refractivity (Wildman–Crippen MR) is 72.5 cm³/mol. The molecule has 4 nitrogen and oxygen atoms in total.